The van der Waals surface area contributed by atoms with E-state index < -0.39 is 0 Å². The Morgan fingerprint density at radius 2 is 1.70 bits per heavy atom. The molecule has 7 nitrogen and oxygen atoms in total. The molecule has 0 aliphatic carbocycles. The average Bonchev–Trinajstić information content (AvgIpc) is 2.90. The number of anilines is 2. The molecule has 3 aromatic rings. The van der Waals surface area contributed by atoms with E-state index in [4.69, 9.17) is 14.2 Å². The summed E-state index contributed by atoms with van der Waals surface area (Å²) in [5.41, 5.74) is 1.77. The van der Waals surface area contributed by atoms with Crippen molar-refractivity contribution < 1.29 is 14.2 Å². The number of hydrogen-bond acceptors (Lipinski definition) is 7. The lowest BCUT2D eigenvalue weighted by atomic mass is 10.2. The van der Waals surface area contributed by atoms with Gasteiger partial charge in [0.1, 0.15) is 12.1 Å². The summed E-state index contributed by atoms with van der Waals surface area (Å²) in [6.07, 6.45) is 2.50. The van der Waals surface area contributed by atoms with E-state index in [9.17, 15) is 0 Å². The first-order valence-corrected chi connectivity index (χ1v) is 11.9. The number of hydrogen-bond donors (Lipinski definition) is 1. The fourth-order valence-electron chi connectivity index (χ4n) is 3.39. The third-order valence-corrected chi connectivity index (χ3v) is 4.94. The monoisotopic (exact) mass is 454 g/mol. The van der Waals surface area contributed by atoms with Gasteiger partial charge in [0.15, 0.2) is 11.5 Å². The van der Waals surface area contributed by atoms with Gasteiger partial charge in [-0.05, 0) is 24.6 Å². The number of nitrogens with zero attached hydrogens (tertiary/aromatic N) is 3. The van der Waals surface area contributed by atoms with Gasteiger partial charge in [-0.3, -0.25) is 4.90 Å². The Balaban J connectivity index is 0.000000914. The summed E-state index contributed by atoms with van der Waals surface area (Å²) < 4.78 is 17.0. The highest BCUT2D eigenvalue weighted by molar-refractivity contribution is 5.93. The molecule has 0 atom stereocenters. The minimum atomic E-state index is 0.619. The third kappa shape index (κ3) is 7.87. The Labute approximate surface area is 198 Å². The summed E-state index contributed by atoms with van der Waals surface area (Å²) in [5.74, 6) is 2.11. The van der Waals surface area contributed by atoms with Crippen LogP contribution in [0, 0.1) is 0 Å². The fourth-order valence-corrected chi connectivity index (χ4v) is 3.39. The van der Waals surface area contributed by atoms with Gasteiger partial charge in [0.2, 0.25) is 0 Å². The molecule has 4 rings (SSSR count). The highest BCUT2D eigenvalue weighted by Crippen LogP contribution is 2.34. The van der Waals surface area contributed by atoms with E-state index in [1.807, 2.05) is 70.2 Å². The number of ether oxygens (including phenoxy) is 3. The first-order chi connectivity index (χ1) is 16.3. The Kier molecular flexibility index (Phi) is 12.0. The predicted octanol–water partition coefficient (Wildman–Crippen LogP) is 5.54. The van der Waals surface area contributed by atoms with E-state index in [1.165, 1.54) is 0 Å². The van der Waals surface area contributed by atoms with E-state index >= 15 is 0 Å². The van der Waals surface area contributed by atoms with Crippen molar-refractivity contribution in [3.63, 3.8) is 0 Å². The number of rotatable bonds is 8. The molecule has 33 heavy (non-hydrogen) atoms. The maximum Gasteiger partial charge on any atom is 0.162 e. The molecule has 0 bridgehead atoms. The number of para-hydroxylation sites is 1. The third-order valence-electron chi connectivity index (χ3n) is 4.94. The highest BCUT2D eigenvalue weighted by Gasteiger charge is 2.13. The first kappa shape index (κ1) is 26.4. The largest absolute Gasteiger partial charge is 0.493 e. The number of fused-ring (bicyclic) bond motifs is 1. The van der Waals surface area contributed by atoms with Crippen LogP contribution in [0.15, 0.2) is 48.8 Å². The van der Waals surface area contributed by atoms with Gasteiger partial charge in [-0.2, -0.15) is 0 Å². The van der Waals surface area contributed by atoms with Gasteiger partial charge in [0.25, 0.3) is 0 Å². The Hall–Kier alpha value is -2.90. The molecule has 0 radical (unpaired) electrons. The Morgan fingerprint density at radius 1 is 0.970 bits per heavy atom. The zero-order valence-electron chi connectivity index (χ0n) is 20.6. The summed E-state index contributed by atoms with van der Waals surface area (Å²) in [6, 6.07) is 13.8. The lowest BCUT2D eigenvalue weighted by molar-refractivity contribution is 0.0357. The normalized spacial score (nSPS) is 13.2. The maximum atomic E-state index is 6.07. The van der Waals surface area contributed by atoms with Crippen LogP contribution >= 0.6 is 0 Å². The quantitative estimate of drug-likeness (QED) is 0.448. The predicted molar refractivity (Wildman–Crippen MR) is 136 cm³/mol. The van der Waals surface area contributed by atoms with Crippen LogP contribution in [0.2, 0.25) is 0 Å². The van der Waals surface area contributed by atoms with Crippen molar-refractivity contribution in [2.24, 2.45) is 0 Å². The fraction of sp³-hybridized carbons (Fsp3) is 0.462. The molecule has 1 saturated heterocycles. The molecule has 2 heterocycles. The molecule has 1 N–H and O–H groups in total. The van der Waals surface area contributed by atoms with Crippen molar-refractivity contribution >= 4 is 22.4 Å². The van der Waals surface area contributed by atoms with Gasteiger partial charge in [0, 0.05) is 36.8 Å². The van der Waals surface area contributed by atoms with E-state index in [0.717, 1.165) is 61.7 Å². The summed E-state index contributed by atoms with van der Waals surface area (Å²) in [7, 11) is 1.64. The molecule has 7 heteroatoms. The second-order valence-electron chi connectivity index (χ2n) is 6.89. The molecule has 1 aromatic heterocycles. The molecule has 180 valence electrons. The molecular formula is C26H38N4O3. The number of aromatic nitrogens is 2. The second kappa shape index (κ2) is 15.0. The molecule has 0 amide bonds. The van der Waals surface area contributed by atoms with E-state index in [0.29, 0.717) is 18.1 Å². The van der Waals surface area contributed by atoms with Gasteiger partial charge in [-0.25, -0.2) is 9.97 Å². The van der Waals surface area contributed by atoms with Crippen molar-refractivity contribution in [3.05, 3.63) is 48.8 Å². The smallest absolute Gasteiger partial charge is 0.162 e. The van der Waals surface area contributed by atoms with Gasteiger partial charge in [0.05, 0.1) is 32.4 Å². The minimum Gasteiger partial charge on any atom is -0.493 e. The molecule has 1 aliphatic heterocycles. The van der Waals surface area contributed by atoms with Crippen LogP contribution in [-0.2, 0) is 4.74 Å². The second-order valence-corrected chi connectivity index (χ2v) is 6.89. The Morgan fingerprint density at radius 3 is 2.39 bits per heavy atom. The van der Waals surface area contributed by atoms with Crippen molar-refractivity contribution in [2.45, 2.75) is 34.1 Å². The van der Waals surface area contributed by atoms with Crippen LogP contribution < -0.4 is 14.8 Å². The molecule has 0 saturated carbocycles. The molecule has 0 spiro atoms. The van der Waals surface area contributed by atoms with Crippen LogP contribution in [0.25, 0.3) is 10.9 Å². The zero-order chi connectivity index (χ0) is 23.9. The first-order valence-electron chi connectivity index (χ1n) is 11.9. The van der Waals surface area contributed by atoms with Crippen molar-refractivity contribution in [1.29, 1.82) is 0 Å². The van der Waals surface area contributed by atoms with Crippen LogP contribution in [0.1, 0.15) is 34.1 Å². The van der Waals surface area contributed by atoms with Crippen molar-refractivity contribution in [1.82, 2.24) is 14.9 Å². The van der Waals surface area contributed by atoms with E-state index in [1.54, 1.807) is 13.4 Å². The standard InChI is InChI=1S/C22H26N4O3.2C2H6/c1-27-20-15-19-18(22(24-16-23-19)25-17-6-3-2-4-7-17)14-21(20)29-11-5-8-26-9-12-28-13-10-26;2*1-2/h2-4,6-7,14-16H,5,8-13H2,1H3,(H,23,24,25);2*1-2H3. The maximum absolute atomic E-state index is 6.07. The van der Waals surface area contributed by atoms with Gasteiger partial charge >= 0.3 is 0 Å². The topological polar surface area (TPSA) is 68.7 Å². The summed E-state index contributed by atoms with van der Waals surface area (Å²) in [4.78, 5) is 11.2. The Bertz CT molecular complexity index is 931. The van der Waals surface area contributed by atoms with E-state index in [2.05, 4.69) is 20.2 Å². The lowest BCUT2D eigenvalue weighted by Gasteiger charge is -2.26. The molecule has 0 unspecified atom stereocenters. The average molecular weight is 455 g/mol. The lowest BCUT2D eigenvalue weighted by Crippen LogP contribution is -2.37. The molecule has 1 fully saturated rings. The minimum absolute atomic E-state index is 0.619. The van der Waals surface area contributed by atoms with Crippen LogP contribution in [0.4, 0.5) is 11.5 Å². The molecule has 1 aliphatic rings. The van der Waals surface area contributed by atoms with Crippen molar-refractivity contribution in [2.75, 3.05) is 51.9 Å². The highest BCUT2D eigenvalue weighted by atomic mass is 16.5. The van der Waals surface area contributed by atoms with Crippen molar-refractivity contribution in [3.8, 4) is 11.5 Å². The van der Waals surface area contributed by atoms with Gasteiger partial charge in [-0.1, -0.05) is 45.9 Å². The molecular weight excluding hydrogens is 416 g/mol. The van der Waals surface area contributed by atoms with Gasteiger partial charge < -0.3 is 19.5 Å². The summed E-state index contributed by atoms with van der Waals surface area (Å²) >= 11 is 0. The van der Waals surface area contributed by atoms with Gasteiger partial charge in [-0.15, -0.1) is 0 Å². The number of morpholine rings is 1. The van der Waals surface area contributed by atoms with E-state index in [-0.39, 0.29) is 0 Å². The number of methoxy groups -OCH3 is 1. The number of nitrogens with one attached hydrogen (secondary N) is 1. The zero-order valence-corrected chi connectivity index (χ0v) is 20.6. The summed E-state index contributed by atoms with van der Waals surface area (Å²) in [5, 5.41) is 4.25. The summed E-state index contributed by atoms with van der Waals surface area (Å²) in [6.45, 7) is 13.2. The van der Waals surface area contributed by atoms with Crippen LogP contribution in [-0.4, -0.2) is 61.4 Å². The van der Waals surface area contributed by atoms with Crippen LogP contribution in [0.5, 0.6) is 11.5 Å². The molecule has 2 aromatic carbocycles. The number of benzene rings is 2. The SMILES string of the molecule is CC.CC.COc1cc2ncnc(Nc3ccccc3)c2cc1OCCCN1CCOCC1. The van der Waals surface area contributed by atoms with Crippen LogP contribution in [0.3, 0.4) is 0 Å².